The van der Waals surface area contributed by atoms with Crippen LogP contribution in [-0.4, -0.2) is 23.5 Å². The maximum absolute atomic E-state index is 11.0. The van der Waals surface area contributed by atoms with Crippen LogP contribution in [-0.2, 0) is 45.4 Å². The monoisotopic (exact) mass is 404 g/mol. The molecule has 6 nitrogen and oxygen atoms in total. The van der Waals surface area contributed by atoms with Crippen molar-refractivity contribution < 1.29 is 55.6 Å². The van der Waals surface area contributed by atoms with Crippen molar-refractivity contribution in [1.82, 2.24) is 0 Å². The van der Waals surface area contributed by atoms with Gasteiger partial charge in [0.1, 0.15) is 11.6 Å². The van der Waals surface area contributed by atoms with E-state index in [0.717, 1.165) is 0 Å². The van der Waals surface area contributed by atoms with Crippen molar-refractivity contribution >= 4 is 23.5 Å². The zero-order chi connectivity index (χ0) is 17.7. The number of Topliss-reactive ketones (excluding diaryl/α,β-unsaturated/α-hetero) is 2. The smallest absolute Gasteiger partial charge is 0.549 e. The average molecular weight is 406 g/mol. The van der Waals surface area contributed by atoms with E-state index in [-0.39, 0.29) is 37.8 Å². The predicted molar refractivity (Wildman–Crippen MR) is 77.4 cm³/mol. The van der Waals surface area contributed by atoms with Gasteiger partial charge in [-0.2, -0.15) is 0 Å². The van der Waals surface area contributed by atoms with Crippen molar-refractivity contribution in [1.29, 1.82) is 0 Å². The van der Waals surface area contributed by atoms with Gasteiger partial charge in [0.25, 0.3) is 0 Å². The second-order valence-corrected chi connectivity index (χ2v) is 4.99. The van der Waals surface area contributed by atoms with E-state index in [4.69, 9.17) is 0 Å². The third-order valence-corrected chi connectivity index (χ3v) is 3.16. The topological polar surface area (TPSA) is 114 Å². The minimum atomic E-state index is -1.24. The molecule has 0 aromatic heterocycles. The van der Waals surface area contributed by atoms with Gasteiger partial charge in [-0.1, -0.05) is 27.7 Å². The summed E-state index contributed by atoms with van der Waals surface area (Å²) in [6.07, 6.45) is 2.74. The number of aliphatic carboxylic acids is 2. The van der Waals surface area contributed by atoms with E-state index >= 15 is 0 Å². The Kier molecular flexibility index (Phi) is 18.8. The number of carboxylic acid groups (broad SMARTS) is 2. The third-order valence-electron chi connectivity index (χ3n) is 3.16. The third kappa shape index (κ3) is 12.3. The van der Waals surface area contributed by atoms with Crippen LogP contribution in [0.3, 0.4) is 0 Å². The van der Waals surface area contributed by atoms with Crippen LogP contribution in [0.15, 0.2) is 0 Å². The molecule has 2 unspecified atom stereocenters. The summed E-state index contributed by atoms with van der Waals surface area (Å²) < 4.78 is 0. The van der Waals surface area contributed by atoms with Crippen LogP contribution >= 0.6 is 0 Å². The van der Waals surface area contributed by atoms with Gasteiger partial charge < -0.3 is 19.8 Å². The number of rotatable bonds is 10. The van der Waals surface area contributed by atoms with Crippen LogP contribution in [0.5, 0.6) is 0 Å². The molecule has 0 N–H and O–H groups in total. The molecule has 0 bridgehead atoms. The van der Waals surface area contributed by atoms with Crippen molar-refractivity contribution in [3.8, 4) is 0 Å². The van der Waals surface area contributed by atoms with E-state index in [1.54, 1.807) is 13.8 Å². The fraction of sp³-hybridized carbons (Fsp3) is 0.750. The Morgan fingerprint density at radius 3 is 1.09 bits per heavy atom. The molecule has 2 atom stereocenters. The van der Waals surface area contributed by atoms with Gasteiger partial charge in [-0.05, 0) is 25.7 Å². The molecule has 0 amide bonds. The van der Waals surface area contributed by atoms with Crippen LogP contribution < -0.4 is 10.2 Å². The first-order valence-electron chi connectivity index (χ1n) is 7.73. The second-order valence-electron chi connectivity index (χ2n) is 4.99. The van der Waals surface area contributed by atoms with Crippen molar-refractivity contribution in [3.05, 3.63) is 0 Å². The maximum Gasteiger partial charge on any atom is 2.00 e. The van der Waals surface area contributed by atoms with Gasteiger partial charge in [0.05, 0.1) is 23.8 Å². The van der Waals surface area contributed by atoms with Crippen LogP contribution in [0, 0.1) is 11.8 Å². The van der Waals surface area contributed by atoms with Crippen LogP contribution in [0.25, 0.3) is 0 Å². The summed E-state index contributed by atoms with van der Waals surface area (Å²) in [6.45, 7) is 7.04. The molecule has 0 heterocycles. The fourth-order valence-electron chi connectivity index (χ4n) is 1.89. The molecule has 130 valence electrons. The van der Waals surface area contributed by atoms with Crippen LogP contribution in [0.4, 0.5) is 0 Å². The van der Waals surface area contributed by atoms with E-state index in [9.17, 15) is 29.4 Å². The molecular formula is C16H26O6Zr. The summed E-state index contributed by atoms with van der Waals surface area (Å²) in [5, 5.41) is 20.6. The molecule has 0 aromatic rings. The molecule has 0 saturated carbocycles. The summed E-state index contributed by atoms with van der Waals surface area (Å²) in [5.41, 5.74) is 0. The van der Waals surface area contributed by atoms with Crippen molar-refractivity contribution in [3.63, 3.8) is 0 Å². The fourth-order valence-corrected chi connectivity index (χ4v) is 1.89. The van der Waals surface area contributed by atoms with E-state index in [2.05, 4.69) is 0 Å². The maximum atomic E-state index is 11.0. The van der Waals surface area contributed by atoms with E-state index in [1.165, 1.54) is 0 Å². The SMILES string of the molecule is CCCC(=O)C(CC)C(=O)[O-].CCCC(=O)C(CC)C(=O)[O-].[Zr+2]. The molecule has 7 heteroatoms. The quantitative estimate of drug-likeness (QED) is 0.482. The largest absolute Gasteiger partial charge is 2.00 e. The molecule has 23 heavy (non-hydrogen) atoms. The van der Waals surface area contributed by atoms with Crippen LogP contribution in [0.2, 0.25) is 0 Å². The number of carboxylic acids is 2. The molecule has 0 aromatic carbocycles. The molecule has 0 aliphatic rings. The first-order valence-corrected chi connectivity index (χ1v) is 7.73. The van der Waals surface area contributed by atoms with Crippen molar-refractivity contribution in [2.75, 3.05) is 0 Å². The molecular weight excluding hydrogens is 379 g/mol. The van der Waals surface area contributed by atoms with E-state index in [0.29, 0.717) is 38.5 Å². The molecule has 0 fully saturated rings. The van der Waals surface area contributed by atoms with Gasteiger partial charge in [-0.25, -0.2) is 0 Å². The van der Waals surface area contributed by atoms with Gasteiger partial charge in [-0.15, -0.1) is 0 Å². The summed E-state index contributed by atoms with van der Waals surface area (Å²) in [5.74, 6) is -4.70. The second kappa shape index (κ2) is 16.0. The summed E-state index contributed by atoms with van der Waals surface area (Å²) in [4.78, 5) is 42.6. The van der Waals surface area contributed by atoms with Gasteiger partial charge in [-0.3, -0.25) is 9.59 Å². The molecule has 0 aliphatic carbocycles. The Balaban J connectivity index is -0.000000333. The van der Waals surface area contributed by atoms with Crippen molar-refractivity contribution in [2.24, 2.45) is 11.8 Å². The zero-order valence-corrected chi connectivity index (χ0v) is 16.8. The Morgan fingerprint density at radius 1 is 0.696 bits per heavy atom. The number of hydrogen-bond donors (Lipinski definition) is 0. The normalized spacial score (nSPS) is 12.0. The Hall–Kier alpha value is -0.837. The summed E-state index contributed by atoms with van der Waals surface area (Å²) >= 11 is 0. The number of carbonyl (C=O) groups excluding carboxylic acids is 4. The molecule has 0 saturated heterocycles. The van der Waals surface area contributed by atoms with Gasteiger partial charge in [0.2, 0.25) is 0 Å². The Labute approximate surface area is 157 Å². The summed E-state index contributed by atoms with van der Waals surface area (Å²) in [6, 6.07) is 0. The predicted octanol–water partition coefficient (Wildman–Crippen LogP) is 0.261. The summed E-state index contributed by atoms with van der Waals surface area (Å²) in [7, 11) is 0. The minimum absolute atomic E-state index is 0. The van der Waals surface area contributed by atoms with Crippen molar-refractivity contribution in [2.45, 2.75) is 66.2 Å². The zero-order valence-electron chi connectivity index (χ0n) is 14.3. The Bertz CT molecular complexity index is 345. The van der Waals surface area contributed by atoms with Gasteiger partial charge in [0, 0.05) is 12.8 Å². The minimum Gasteiger partial charge on any atom is -0.549 e. The standard InChI is InChI=1S/2C8H14O3.Zr/c2*1-3-5-7(9)6(4-2)8(10)11;/h2*6H,3-5H2,1-2H3,(H,10,11);/q;;+2/p-2. The number of hydrogen-bond acceptors (Lipinski definition) is 6. The Morgan fingerprint density at radius 2 is 0.957 bits per heavy atom. The first-order chi connectivity index (χ1) is 10.3. The molecule has 0 aliphatic heterocycles. The van der Waals surface area contributed by atoms with E-state index < -0.39 is 23.8 Å². The molecule has 0 rings (SSSR count). The van der Waals surface area contributed by atoms with Gasteiger partial charge >= 0.3 is 26.2 Å². The first kappa shape index (κ1) is 27.0. The van der Waals surface area contributed by atoms with Gasteiger partial charge in [0.15, 0.2) is 0 Å². The van der Waals surface area contributed by atoms with E-state index in [1.807, 2.05) is 13.8 Å². The number of carbonyl (C=O) groups is 4. The van der Waals surface area contributed by atoms with Crippen LogP contribution in [0.1, 0.15) is 66.2 Å². The molecule has 0 spiro atoms. The molecule has 0 radical (unpaired) electrons. The number of ketones is 2. The average Bonchev–Trinajstić information content (AvgIpc) is 2.40.